The van der Waals surface area contributed by atoms with Gasteiger partial charge in [0.25, 0.3) is 0 Å². The van der Waals surface area contributed by atoms with Gasteiger partial charge in [0.1, 0.15) is 5.82 Å². The van der Waals surface area contributed by atoms with Crippen molar-refractivity contribution in [2.75, 3.05) is 6.54 Å². The molecule has 1 aliphatic rings. The second-order valence-electron chi connectivity index (χ2n) is 5.40. The molecule has 20 heavy (non-hydrogen) atoms. The zero-order chi connectivity index (χ0) is 13.8. The van der Waals surface area contributed by atoms with Gasteiger partial charge < -0.3 is 0 Å². The zero-order valence-corrected chi connectivity index (χ0v) is 11.5. The highest BCUT2D eigenvalue weighted by Crippen LogP contribution is 2.31. The van der Waals surface area contributed by atoms with Crippen LogP contribution in [-0.2, 0) is 6.54 Å². The molecule has 1 unspecified atom stereocenters. The summed E-state index contributed by atoms with van der Waals surface area (Å²) in [5.74, 6) is -0.155. The van der Waals surface area contributed by atoms with Gasteiger partial charge in [0, 0.05) is 25.0 Å². The molecule has 1 atom stereocenters. The molecule has 1 aliphatic heterocycles. The number of nitrogens with zero attached hydrogens (tertiary/aromatic N) is 2. The Bertz CT molecular complexity index is 556. The van der Waals surface area contributed by atoms with Crippen LogP contribution in [0.4, 0.5) is 4.39 Å². The maximum atomic E-state index is 13.3. The Kier molecular flexibility index (Phi) is 4.07. The van der Waals surface area contributed by atoms with Crippen LogP contribution < -0.4 is 0 Å². The molecule has 104 valence electrons. The number of halogens is 1. The fraction of sp³-hybridized carbons (Fsp3) is 0.353. The van der Waals surface area contributed by atoms with Gasteiger partial charge in [-0.05, 0) is 48.7 Å². The SMILES string of the molecule is Fc1cccc(CN2CCCCC2c2cccnc2)c1. The van der Waals surface area contributed by atoms with Crippen LogP contribution >= 0.6 is 0 Å². The normalized spacial score (nSPS) is 19.9. The smallest absolute Gasteiger partial charge is 0.123 e. The molecule has 1 fully saturated rings. The molecular formula is C17H19FN2. The molecule has 0 spiro atoms. The minimum Gasteiger partial charge on any atom is -0.292 e. The fourth-order valence-electron chi connectivity index (χ4n) is 3.00. The summed E-state index contributed by atoms with van der Waals surface area (Å²) >= 11 is 0. The molecule has 0 N–H and O–H groups in total. The molecule has 0 radical (unpaired) electrons. The number of pyridine rings is 1. The van der Waals surface area contributed by atoms with E-state index in [2.05, 4.69) is 16.0 Å². The predicted molar refractivity (Wildman–Crippen MR) is 77.6 cm³/mol. The molecule has 0 aliphatic carbocycles. The van der Waals surface area contributed by atoms with Crippen LogP contribution in [0.15, 0.2) is 48.8 Å². The third-order valence-electron chi connectivity index (χ3n) is 3.96. The Balaban J connectivity index is 1.79. The molecule has 2 heterocycles. The molecule has 2 aromatic rings. The molecule has 2 nitrogen and oxygen atoms in total. The van der Waals surface area contributed by atoms with Gasteiger partial charge in [0.15, 0.2) is 0 Å². The maximum Gasteiger partial charge on any atom is 0.123 e. The molecule has 0 amide bonds. The fourth-order valence-corrected chi connectivity index (χ4v) is 3.00. The average Bonchev–Trinajstić information content (AvgIpc) is 2.49. The number of aromatic nitrogens is 1. The highest BCUT2D eigenvalue weighted by Gasteiger charge is 2.24. The Morgan fingerprint density at radius 2 is 2.15 bits per heavy atom. The number of piperidine rings is 1. The van der Waals surface area contributed by atoms with Crippen molar-refractivity contribution >= 4 is 0 Å². The van der Waals surface area contributed by atoms with E-state index in [1.54, 1.807) is 12.1 Å². The van der Waals surface area contributed by atoms with E-state index in [1.807, 2.05) is 24.5 Å². The minimum atomic E-state index is -0.155. The third-order valence-corrected chi connectivity index (χ3v) is 3.96. The van der Waals surface area contributed by atoms with E-state index in [1.165, 1.54) is 24.5 Å². The van der Waals surface area contributed by atoms with E-state index in [0.29, 0.717) is 6.04 Å². The van der Waals surface area contributed by atoms with E-state index in [9.17, 15) is 4.39 Å². The van der Waals surface area contributed by atoms with Crippen LogP contribution in [0.5, 0.6) is 0 Å². The summed E-state index contributed by atoms with van der Waals surface area (Å²) < 4.78 is 13.3. The average molecular weight is 270 g/mol. The topological polar surface area (TPSA) is 16.1 Å². The van der Waals surface area contributed by atoms with Crippen molar-refractivity contribution in [3.63, 3.8) is 0 Å². The van der Waals surface area contributed by atoms with Crippen molar-refractivity contribution in [1.29, 1.82) is 0 Å². The molecule has 1 aromatic carbocycles. The van der Waals surface area contributed by atoms with Gasteiger partial charge in [0.2, 0.25) is 0 Å². The van der Waals surface area contributed by atoms with Crippen LogP contribution in [-0.4, -0.2) is 16.4 Å². The lowest BCUT2D eigenvalue weighted by Crippen LogP contribution is -2.33. The van der Waals surface area contributed by atoms with E-state index < -0.39 is 0 Å². The van der Waals surface area contributed by atoms with E-state index >= 15 is 0 Å². The largest absolute Gasteiger partial charge is 0.292 e. The minimum absolute atomic E-state index is 0.155. The number of rotatable bonds is 3. The van der Waals surface area contributed by atoms with Crippen LogP contribution in [0.2, 0.25) is 0 Å². The highest BCUT2D eigenvalue weighted by molar-refractivity contribution is 5.19. The van der Waals surface area contributed by atoms with Gasteiger partial charge in [-0.3, -0.25) is 9.88 Å². The van der Waals surface area contributed by atoms with Crippen molar-refractivity contribution in [2.45, 2.75) is 31.8 Å². The number of hydrogen-bond donors (Lipinski definition) is 0. The number of benzene rings is 1. The summed E-state index contributed by atoms with van der Waals surface area (Å²) in [4.78, 5) is 6.67. The Labute approximate surface area is 119 Å². The Hall–Kier alpha value is -1.74. The van der Waals surface area contributed by atoms with Gasteiger partial charge in [-0.15, -0.1) is 0 Å². The molecular weight excluding hydrogens is 251 g/mol. The summed E-state index contributed by atoms with van der Waals surface area (Å²) in [6.07, 6.45) is 7.38. The summed E-state index contributed by atoms with van der Waals surface area (Å²) in [5, 5.41) is 0. The van der Waals surface area contributed by atoms with E-state index in [4.69, 9.17) is 0 Å². The van der Waals surface area contributed by atoms with Crippen molar-refractivity contribution in [1.82, 2.24) is 9.88 Å². The summed E-state index contributed by atoms with van der Waals surface area (Å²) in [5.41, 5.74) is 2.31. The van der Waals surface area contributed by atoms with Crippen LogP contribution in [0, 0.1) is 5.82 Å². The van der Waals surface area contributed by atoms with E-state index in [0.717, 1.165) is 25.1 Å². The van der Waals surface area contributed by atoms with Crippen molar-refractivity contribution in [3.8, 4) is 0 Å². The van der Waals surface area contributed by atoms with Gasteiger partial charge >= 0.3 is 0 Å². The van der Waals surface area contributed by atoms with Gasteiger partial charge in [-0.25, -0.2) is 4.39 Å². The summed E-state index contributed by atoms with van der Waals surface area (Å²) in [7, 11) is 0. The van der Waals surface area contributed by atoms with Crippen LogP contribution in [0.1, 0.15) is 36.4 Å². The summed E-state index contributed by atoms with van der Waals surface area (Å²) in [6.45, 7) is 1.87. The Morgan fingerprint density at radius 1 is 1.20 bits per heavy atom. The maximum absolute atomic E-state index is 13.3. The molecule has 3 rings (SSSR count). The highest BCUT2D eigenvalue weighted by atomic mass is 19.1. The standard InChI is InChI=1S/C17H19FN2/c18-16-7-3-5-14(11-16)13-20-10-2-1-8-17(20)15-6-4-9-19-12-15/h3-7,9,11-12,17H,1-2,8,10,13H2. The van der Waals surface area contributed by atoms with Gasteiger partial charge in [-0.2, -0.15) is 0 Å². The van der Waals surface area contributed by atoms with E-state index in [-0.39, 0.29) is 5.82 Å². The molecule has 1 aromatic heterocycles. The predicted octanol–water partition coefficient (Wildman–Crippen LogP) is 3.95. The Morgan fingerprint density at radius 3 is 2.95 bits per heavy atom. The first-order chi connectivity index (χ1) is 9.83. The monoisotopic (exact) mass is 270 g/mol. The third kappa shape index (κ3) is 3.05. The summed E-state index contributed by atoms with van der Waals surface area (Å²) in [6, 6.07) is 11.4. The van der Waals surface area contributed by atoms with Crippen LogP contribution in [0.3, 0.4) is 0 Å². The molecule has 0 saturated carbocycles. The first-order valence-corrected chi connectivity index (χ1v) is 7.21. The van der Waals surface area contributed by atoms with Crippen molar-refractivity contribution < 1.29 is 4.39 Å². The van der Waals surface area contributed by atoms with Crippen LogP contribution in [0.25, 0.3) is 0 Å². The van der Waals surface area contributed by atoms with Gasteiger partial charge in [0.05, 0.1) is 0 Å². The molecule has 1 saturated heterocycles. The molecule has 3 heteroatoms. The van der Waals surface area contributed by atoms with Crippen molar-refractivity contribution in [3.05, 3.63) is 65.7 Å². The first kappa shape index (κ1) is 13.3. The quantitative estimate of drug-likeness (QED) is 0.839. The number of hydrogen-bond acceptors (Lipinski definition) is 2. The lowest BCUT2D eigenvalue weighted by Gasteiger charge is -2.36. The second kappa shape index (κ2) is 6.14. The second-order valence-corrected chi connectivity index (χ2v) is 5.40. The molecule has 0 bridgehead atoms. The lowest BCUT2D eigenvalue weighted by molar-refractivity contribution is 0.140. The van der Waals surface area contributed by atoms with Gasteiger partial charge in [-0.1, -0.05) is 24.6 Å². The number of likely N-dealkylation sites (tertiary alicyclic amines) is 1. The first-order valence-electron chi connectivity index (χ1n) is 7.21. The lowest BCUT2D eigenvalue weighted by atomic mass is 9.96. The zero-order valence-electron chi connectivity index (χ0n) is 11.5. The van der Waals surface area contributed by atoms with Crippen molar-refractivity contribution in [2.24, 2.45) is 0 Å².